The first-order valence-electron chi connectivity index (χ1n) is 10.4. The third kappa shape index (κ3) is 3.95. The van der Waals surface area contributed by atoms with E-state index in [9.17, 15) is 14.4 Å². The number of nitrogens with zero attached hydrogens (tertiary/aromatic N) is 2. The number of hydrogen-bond donors (Lipinski definition) is 2. The summed E-state index contributed by atoms with van der Waals surface area (Å²) in [7, 11) is 0. The van der Waals surface area contributed by atoms with Gasteiger partial charge in [-0.05, 0) is 43.9 Å². The zero-order valence-corrected chi connectivity index (χ0v) is 18.2. The van der Waals surface area contributed by atoms with Crippen molar-refractivity contribution in [2.24, 2.45) is 5.41 Å². The smallest absolute Gasteiger partial charge is 0.261 e. The average molecular weight is 418 g/mol. The highest BCUT2D eigenvalue weighted by molar-refractivity contribution is 6.02. The molecule has 1 atom stereocenters. The molecule has 0 aliphatic heterocycles. The highest BCUT2D eigenvalue weighted by Crippen LogP contribution is 2.33. The first-order valence-corrected chi connectivity index (χ1v) is 10.4. The molecular formula is C24H26N4O3. The third-order valence-electron chi connectivity index (χ3n) is 5.82. The minimum Gasteiger partial charge on any atom is -0.345 e. The molecular weight excluding hydrogens is 392 g/mol. The van der Waals surface area contributed by atoms with E-state index in [0.717, 1.165) is 16.9 Å². The summed E-state index contributed by atoms with van der Waals surface area (Å²) in [6.07, 6.45) is 2.71. The predicted molar refractivity (Wildman–Crippen MR) is 118 cm³/mol. The van der Waals surface area contributed by atoms with Crippen LogP contribution in [0.2, 0.25) is 0 Å². The van der Waals surface area contributed by atoms with Gasteiger partial charge < -0.3 is 10.3 Å². The van der Waals surface area contributed by atoms with Gasteiger partial charge in [0, 0.05) is 28.9 Å². The molecule has 7 heteroatoms. The van der Waals surface area contributed by atoms with Crippen LogP contribution in [-0.4, -0.2) is 26.5 Å². The topological polar surface area (TPSA) is 96.8 Å². The van der Waals surface area contributed by atoms with Crippen molar-refractivity contribution >= 4 is 11.7 Å². The van der Waals surface area contributed by atoms with E-state index in [4.69, 9.17) is 0 Å². The Kier molecular flexibility index (Phi) is 5.13. The molecule has 7 nitrogen and oxygen atoms in total. The van der Waals surface area contributed by atoms with Crippen LogP contribution in [0.3, 0.4) is 0 Å². The molecule has 1 unspecified atom stereocenters. The van der Waals surface area contributed by atoms with Crippen LogP contribution in [0.5, 0.6) is 0 Å². The van der Waals surface area contributed by atoms with E-state index in [0.29, 0.717) is 24.1 Å². The van der Waals surface area contributed by atoms with Gasteiger partial charge in [-0.3, -0.25) is 14.4 Å². The molecule has 1 aromatic carbocycles. The maximum Gasteiger partial charge on any atom is 0.261 e. The lowest BCUT2D eigenvalue weighted by Crippen LogP contribution is -2.35. The van der Waals surface area contributed by atoms with Crippen LogP contribution in [0.15, 0.2) is 47.4 Å². The normalized spacial score (nSPS) is 15.9. The molecule has 0 saturated heterocycles. The predicted octanol–water partition coefficient (Wildman–Crippen LogP) is 3.52. The number of hydrogen-bond acceptors (Lipinski definition) is 4. The van der Waals surface area contributed by atoms with Crippen LogP contribution in [0, 0.1) is 12.3 Å². The van der Waals surface area contributed by atoms with E-state index >= 15 is 0 Å². The minimum atomic E-state index is -0.513. The summed E-state index contributed by atoms with van der Waals surface area (Å²) < 4.78 is 1.81. The number of carbonyl (C=O) groups is 2. The number of rotatable bonds is 4. The summed E-state index contributed by atoms with van der Waals surface area (Å²) in [5.41, 5.74) is 2.98. The number of aromatic nitrogens is 3. The van der Waals surface area contributed by atoms with Gasteiger partial charge >= 0.3 is 0 Å². The molecule has 0 spiro atoms. The number of aromatic amines is 1. The van der Waals surface area contributed by atoms with E-state index in [2.05, 4.69) is 15.4 Å². The van der Waals surface area contributed by atoms with Gasteiger partial charge in [-0.25, -0.2) is 4.68 Å². The molecule has 1 aliphatic carbocycles. The Bertz CT molecular complexity index is 1220. The van der Waals surface area contributed by atoms with Crippen LogP contribution < -0.4 is 10.9 Å². The minimum absolute atomic E-state index is 0.0493. The molecule has 0 fully saturated rings. The summed E-state index contributed by atoms with van der Waals surface area (Å²) in [5, 5.41) is 7.31. The number of benzene rings is 1. The Morgan fingerprint density at radius 3 is 2.61 bits per heavy atom. The van der Waals surface area contributed by atoms with Gasteiger partial charge in [-0.15, -0.1) is 0 Å². The zero-order valence-electron chi connectivity index (χ0n) is 18.2. The summed E-state index contributed by atoms with van der Waals surface area (Å²) in [6.45, 7) is 7.76. The lowest BCUT2D eigenvalue weighted by Gasteiger charge is -2.29. The SMILES string of the molecule is Cc1c(C(C)NC(=O)c2cc3c([nH]c2=O)CC(C)(C)CC3=O)cnn1-c1ccccc1. The number of ketones is 1. The zero-order chi connectivity index (χ0) is 22.3. The van der Waals surface area contributed by atoms with E-state index in [1.165, 1.54) is 6.07 Å². The van der Waals surface area contributed by atoms with Gasteiger partial charge in [0.2, 0.25) is 0 Å². The number of nitrogens with one attached hydrogen (secondary N) is 2. The highest BCUT2D eigenvalue weighted by atomic mass is 16.2. The summed E-state index contributed by atoms with van der Waals surface area (Å²) in [6, 6.07) is 10.8. The Hall–Kier alpha value is -3.48. The van der Waals surface area contributed by atoms with Crippen molar-refractivity contribution < 1.29 is 9.59 Å². The van der Waals surface area contributed by atoms with Crippen molar-refractivity contribution in [2.75, 3.05) is 0 Å². The van der Waals surface area contributed by atoms with E-state index in [1.54, 1.807) is 6.20 Å². The Labute approximate surface area is 180 Å². The first-order chi connectivity index (χ1) is 14.7. The van der Waals surface area contributed by atoms with Gasteiger partial charge in [0.1, 0.15) is 5.56 Å². The Morgan fingerprint density at radius 1 is 1.19 bits per heavy atom. The van der Waals surface area contributed by atoms with Crippen molar-refractivity contribution in [3.63, 3.8) is 0 Å². The molecule has 2 heterocycles. The molecule has 2 N–H and O–H groups in total. The van der Waals surface area contributed by atoms with Crippen LogP contribution in [0.4, 0.5) is 0 Å². The van der Waals surface area contributed by atoms with E-state index in [1.807, 2.05) is 62.7 Å². The number of para-hydroxylation sites is 1. The molecule has 0 radical (unpaired) electrons. The first kappa shape index (κ1) is 20.8. The molecule has 0 bridgehead atoms. The molecule has 2 aromatic heterocycles. The lowest BCUT2D eigenvalue weighted by atomic mass is 9.75. The fraction of sp³-hybridized carbons (Fsp3) is 0.333. The largest absolute Gasteiger partial charge is 0.345 e. The molecule has 4 rings (SSSR count). The molecule has 0 saturated carbocycles. The summed E-state index contributed by atoms with van der Waals surface area (Å²) in [4.78, 5) is 40.8. The second kappa shape index (κ2) is 7.65. The number of fused-ring (bicyclic) bond motifs is 1. The van der Waals surface area contributed by atoms with Gasteiger partial charge in [-0.1, -0.05) is 32.0 Å². The van der Waals surface area contributed by atoms with Gasteiger partial charge in [0.05, 0.1) is 17.9 Å². The second-order valence-corrected chi connectivity index (χ2v) is 8.97. The number of pyridine rings is 1. The molecule has 1 aliphatic rings. The van der Waals surface area contributed by atoms with Gasteiger partial charge in [-0.2, -0.15) is 5.10 Å². The fourth-order valence-corrected chi connectivity index (χ4v) is 4.23. The van der Waals surface area contributed by atoms with Crippen molar-refractivity contribution in [1.29, 1.82) is 0 Å². The highest BCUT2D eigenvalue weighted by Gasteiger charge is 2.33. The quantitative estimate of drug-likeness (QED) is 0.678. The third-order valence-corrected chi connectivity index (χ3v) is 5.82. The number of carbonyl (C=O) groups excluding carboxylic acids is 2. The standard InChI is InChI=1S/C24H26N4O3/c1-14(19-13-25-28(15(19)2)16-8-6-5-7-9-16)26-22(30)18-10-17-20(27-23(18)31)11-24(3,4)12-21(17)29/h5-10,13-14H,11-12H2,1-4H3,(H,26,30)(H,27,31). The number of Topliss-reactive ketones (excluding diaryl/α,β-unsaturated/α-hetero) is 1. The fourth-order valence-electron chi connectivity index (χ4n) is 4.23. The van der Waals surface area contributed by atoms with Gasteiger partial charge in [0.15, 0.2) is 5.78 Å². The van der Waals surface area contributed by atoms with Crippen molar-refractivity contribution in [3.8, 4) is 5.69 Å². The van der Waals surface area contributed by atoms with E-state index in [-0.39, 0.29) is 22.8 Å². The number of amides is 1. The number of H-pyrrole nitrogens is 1. The summed E-state index contributed by atoms with van der Waals surface area (Å²) >= 11 is 0. The summed E-state index contributed by atoms with van der Waals surface area (Å²) in [5.74, 6) is -0.564. The van der Waals surface area contributed by atoms with Crippen LogP contribution in [0.1, 0.15) is 70.9 Å². The molecule has 31 heavy (non-hydrogen) atoms. The van der Waals surface area contributed by atoms with Crippen LogP contribution >= 0.6 is 0 Å². The maximum absolute atomic E-state index is 12.9. The van der Waals surface area contributed by atoms with Gasteiger partial charge in [0.25, 0.3) is 11.5 Å². The van der Waals surface area contributed by atoms with Crippen molar-refractivity contribution in [2.45, 2.75) is 46.6 Å². The molecule has 1 amide bonds. The van der Waals surface area contributed by atoms with Crippen LogP contribution in [-0.2, 0) is 6.42 Å². The van der Waals surface area contributed by atoms with Crippen molar-refractivity contribution in [3.05, 3.63) is 81.0 Å². The van der Waals surface area contributed by atoms with Crippen molar-refractivity contribution in [1.82, 2.24) is 20.1 Å². The molecule has 160 valence electrons. The lowest BCUT2D eigenvalue weighted by molar-refractivity contribution is 0.0910. The van der Waals surface area contributed by atoms with Crippen LogP contribution in [0.25, 0.3) is 5.69 Å². The molecule has 3 aromatic rings. The maximum atomic E-state index is 12.9. The monoisotopic (exact) mass is 418 g/mol. The Balaban J connectivity index is 1.58. The average Bonchev–Trinajstić information content (AvgIpc) is 3.08. The van der Waals surface area contributed by atoms with E-state index < -0.39 is 11.5 Å². The Morgan fingerprint density at radius 2 is 1.90 bits per heavy atom. The second-order valence-electron chi connectivity index (χ2n) is 8.97.